The summed E-state index contributed by atoms with van der Waals surface area (Å²) in [6.45, 7) is 0.124. The Bertz CT molecular complexity index is 634. The first-order chi connectivity index (χ1) is 9.66. The Morgan fingerprint density at radius 2 is 2.00 bits per heavy atom. The largest absolute Gasteiger partial charge is 0.457 e. The zero-order valence-electron chi connectivity index (χ0n) is 10.4. The highest BCUT2D eigenvalue weighted by atomic mass is 32.1. The molecular weight excluding hydrogens is 278 g/mol. The second-order valence-corrected chi connectivity index (χ2v) is 4.87. The fourth-order valence-electron chi connectivity index (χ4n) is 1.48. The summed E-state index contributed by atoms with van der Waals surface area (Å²) in [7, 11) is 0. The molecule has 102 valence electrons. The molecule has 20 heavy (non-hydrogen) atoms. The zero-order valence-corrected chi connectivity index (χ0v) is 11.2. The minimum atomic E-state index is -0.555. The Morgan fingerprint density at radius 1 is 1.25 bits per heavy atom. The van der Waals surface area contributed by atoms with Crippen LogP contribution in [0.5, 0.6) is 0 Å². The van der Waals surface area contributed by atoms with Crippen molar-refractivity contribution >= 4 is 28.4 Å². The van der Waals surface area contributed by atoms with Gasteiger partial charge in [-0.15, -0.1) is 0 Å². The van der Waals surface area contributed by atoms with E-state index in [0.29, 0.717) is 0 Å². The van der Waals surface area contributed by atoms with Crippen molar-refractivity contribution in [1.29, 1.82) is 0 Å². The van der Waals surface area contributed by atoms with Gasteiger partial charge in [0.2, 0.25) is 0 Å². The summed E-state index contributed by atoms with van der Waals surface area (Å²) in [5, 5.41) is 10.4. The third-order valence-corrected chi connectivity index (χ3v) is 3.41. The summed E-state index contributed by atoms with van der Waals surface area (Å²) in [4.78, 5) is 21.8. The summed E-state index contributed by atoms with van der Waals surface area (Å²) in [6, 6.07) is 12.3. The van der Waals surface area contributed by atoms with E-state index in [4.69, 9.17) is 4.74 Å². The van der Waals surface area contributed by atoms with Crippen LogP contribution in [-0.2, 0) is 4.74 Å². The van der Waals surface area contributed by atoms with Crippen LogP contribution < -0.4 is 0 Å². The average molecular weight is 289 g/mol. The van der Waals surface area contributed by atoms with Crippen molar-refractivity contribution in [1.82, 2.24) is 0 Å². The highest BCUT2D eigenvalue weighted by molar-refractivity contribution is 7.17. The van der Waals surface area contributed by atoms with E-state index in [1.165, 1.54) is 12.1 Å². The topological polar surface area (TPSA) is 69.4 Å². The molecule has 0 radical (unpaired) electrons. The Labute approximate surface area is 119 Å². The monoisotopic (exact) mass is 289 g/mol. The molecule has 2 rings (SSSR count). The van der Waals surface area contributed by atoms with Gasteiger partial charge in [0.25, 0.3) is 0 Å². The lowest BCUT2D eigenvalue weighted by Crippen LogP contribution is -2.02. The molecule has 6 heteroatoms. The molecule has 0 fully saturated rings. The van der Waals surface area contributed by atoms with Crippen molar-refractivity contribution < 1.29 is 14.5 Å². The van der Waals surface area contributed by atoms with Crippen LogP contribution in [0.3, 0.4) is 0 Å². The number of hydrogen-bond donors (Lipinski definition) is 0. The predicted molar refractivity (Wildman–Crippen MR) is 76.7 cm³/mol. The lowest BCUT2D eigenvalue weighted by atomic mass is 10.2. The minimum absolute atomic E-state index is 0.0724. The van der Waals surface area contributed by atoms with Gasteiger partial charge in [0.05, 0.1) is 4.92 Å². The van der Waals surface area contributed by atoms with E-state index < -0.39 is 10.9 Å². The first-order valence-electron chi connectivity index (χ1n) is 5.80. The Morgan fingerprint density at radius 3 is 2.65 bits per heavy atom. The molecule has 0 amide bonds. The summed E-state index contributed by atoms with van der Waals surface area (Å²) < 4.78 is 5.00. The minimum Gasteiger partial charge on any atom is -0.457 e. The highest BCUT2D eigenvalue weighted by Gasteiger charge is 2.15. The SMILES string of the molecule is O=C(OC/C=C/c1ccccc1)c1ccc([N+](=O)[O-])s1. The average Bonchev–Trinajstić information content (AvgIpc) is 2.94. The molecule has 0 unspecified atom stereocenters. The van der Waals surface area contributed by atoms with Gasteiger partial charge in [-0.25, -0.2) is 4.79 Å². The number of benzene rings is 1. The number of hydrogen-bond acceptors (Lipinski definition) is 5. The summed E-state index contributed by atoms with van der Waals surface area (Å²) in [5.74, 6) is -0.555. The predicted octanol–water partition coefficient (Wildman–Crippen LogP) is 3.53. The second-order valence-electron chi connectivity index (χ2n) is 3.81. The lowest BCUT2D eigenvalue weighted by Gasteiger charge is -1.98. The molecule has 0 bridgehead atoms. The van der Waals surface area contributed by atoms with E-state index in [1.807, 2.05) is 36.4 Å². The first kappa shape index (κ1) is 14.0. The summed E-state index contributed by atoms with van der Waals surface area (Å²) >= 11 is 0.806. The van der Waals surface area contributed by atoms with Gasteiger partial charge < -0.3 is 4.74 Å². The number of ether oxygens (including phenoxy) is 1. The van der Waals surface area contributed by atoms with Crippen LogP contribution in [0.4, 0.5) is 5.00 Å². The van der Waals surface area contributed by atoms with Gasteiger partial charge in [-0.2, -0.15) is 0 Å². The standard InChI is InChI=1S/C14H11NO4S/c16-14(12-8-9-13(20-12)15(17)18)19-10-4-7-11-5-2-1-3-6-11/h1-9H,10H2/b7-4+. The van der Waals surface area contributed by atoms with Crippen LogP contribution in [0.2, 0.25) is 0 Å². The lowest BCUT2D eigenvalue weighted by molar-refractivity contribution is -0.380. The van der Waals surface area contributed by atoms with Crippen molar-refractivity contribution in [3.63, 3.8) is 0 Å². The molecule has 0 spiro atoms. The van der Waals surface area contributed by atoms with Crippen molar-refractivity contribution in [2.24, 2.45) is 0 Å². The van der Waals surface area contributed by atoms with E-state index in [2.05, 4.69) is 0 Å². The number of carbonyl (C=O) groups excluding carboxylic acids is 1. The number of rotatable bonds is 5. The number of nitro groups is 1. The van der Waals surface area contributed by atoms with Gasteiger partial charge in [0.1, 0.15) is 11.5 Å². The van der Waals surface area contributed by atoms with Crippen molar-refractivity contribution in [3.05, 3.63) is 69.1 Å². The number of thiophene rings is 1. The Hall–Kier alpha value is -2.47. The van der Waals surface area contributed by atoms with Crippen LogP contribution in [-0.4, -0.2) is 17.5 Å². The van der Waals surface area contributed by atoms with Crippen molar-refractivity contribution in [2.75, 3.05) is 6.61 Å². The molecule has 1 aromatic heterocycles. The third-order valence-electron chi connectivity index (χ3n) is 2.39. The van der Waals surface area contributed by atoms with Gasteiger partial charge in [-0.1, -0.05) is 47.7 Å². The Balaban J connectivity index is 1.86. The van der Waals surface area contributed by atoms with Crippen LogP contribution in [0, 0.1) is 10.1 Å². The molecule has 0 aliphatic carbocycles. The van der Waals surface area contributed by atoms with Crippen molar-refractivity contribution in [2.45, 2.75) is 0 Å². The van der Waals surface area contributed by atoms with E-state index >= 15 is 0 Å². The summed E-state index contributed by atoms with van der Waals surface area (Å²) in [5.41, 5.74) is 1.01. The second kappa shape index (κ2) is 6.63. The number of esters is 1. The fourth-order valence-corrected chi connectivity index (χ4v) is 2.19. The molecular formula is C14H11NO4S. The van der Waals surface area contributed by atoms with Crippen LogP contribution in [0.15, 0.2) is 48.5 Å². The van der Waals surface area contributed by atoms with E-state index in [9.17, 15) is 14.9 Å². The third kappa shape index (κ3) is 3.76. The van der Waals surface area contributed by atoms with Gasteiger partial charge in [0.15, 0.2) is 0 Å². The number of carbonyl (C=O) groups is 1. The normalized spacial score (nSPS) is 10.6. The van der Waals surface area contributed by atoms with Crippen molar-refractivity contribution in [3.8, 4) is 0 Å². The van der Waals surface area contributed by atoms with E-state index in [0.717, 1.165) is 16.9 Å². The summed E-state index contributed by atoms with van der Waals surface area (Å²) in [6.07, 6.45) is 3.55. The van der Waals surface area contributed by atoms with E-state index in [1.54, 1.807) is 6.08 Å². The maximum absolute atomic E-state index is 11.6. The smallest absolute Gasteiger partial charge is 0.348 e. The van der Waals surface area contributed by atoms with Gasteiger partial charge in [-0.3, -0.25) is 10.1 Å². The first-order valence-corrected chi connectivity index (χ1v) is 6.61. The van der Waals surface area contributed by atoms with Crippen LogP contribution >= 0.6 is 11.3 Å². The molecule has 1 heterocycles. The number of nitrogens with zero attached hydrogens (tertiary/aromatic N) is 1. The molecule has 0 saturated heterocycles. The zero-order chi connectivity index (χ0) is 14.4. The molecule has 0 aliphatic rings. The Kier molecular flexibility index (Phi) is 4.62. The molecule has 0 N–H and O–H groups in total. The molecule has 5 nitrogen and oxygen atoms in total. The molecule has 2 aromatic rings. The van der Waals surface area contributed by atoms with Gasteiger partial charge >= 0.3 is 11.0 Å². The quantitative estimate of drug-likeness (QED) is 0.479. The molecule has 0 saturated carbocycles. The molecule has 1 aromatic carbocycles. The van der Waals surface area contributed by atoms with Gasteiger partial charge in [0, 0.05) is 6.07 Å². The maximum atomic E-state index is 11.6. The molecule has 0 aliphatic heterocycles. The van der Waals surface area contributed by atoms with Crippen LogP contribution in [0.25, 0.3) is 6.08 Å². The highest BCUT2D eigenvalue weighted by Crippen LogP contribution is 2.24. The molecule has 0 atom stereocenters. The van der Waals surface area contributed by atoms with Gasteiger partial charge in [-0.05, 0) is 17.7 Å². The van der Waals surface area contributed by atoms with E-state index in [-0.39, 0.29) is 16.5 Å². The maximum Gasteiger partial charge on any atom is 0.348 e. The van der Waals surface area contributed by atoms with Crippen LogP contribution in [0.1, 0.15) is 15.2 Å². The fraction of sp³-hybridized carbons (Fsp3) is 0.0714.